The summed E-state index contributed by atoms with van der Waals surface area (Å²) in [5.41, 5.74) is 3.04. The van der Waals surface area contributed by atoms with Crippen LogP contribution in [0.2, 0.25) is 5.02 Å². The van der Waals surface area contributed by atoms with Crippen LogP contribution in [0.3, 0.4) is 0 Å². The van der Waals surface area contributed by atoms with E-state index in [4.69, 9.17) is 16.3 Å². The summed E-state index contributed by atoms with van der Waals surface area (Å²) in [6.07, 6.45) is 3.73. The molecule has 1 fully saturated rings. The van der Waals surface area contributed by atoms with Crippen molar-refractivity contribution < 1.29 is 9.53 Å². The van der Waals surface area contributed by atoms with Gasteiger partial charge in [-0.3, -0.25) is 4.79 Å². The van der Waals surface area contributed by atoms with Crippen LogP contribution in [0.5, 0.6) is 0 Å². The molecule has 1 aromatic rings. The van der Waals surface area contributed by atoms with Crippen molar-refractivity contribution in [2.75, 3.05) is 24.6 Å². The summed E-state index contributed by atoms with van der Waals surface area (Å²) in [5, 5.41) is 0.769. The fourth-order valence-electron chi connectivity index (χ4n) is 2.93. The van der Waals surface area contributed by atoms with Gasteiger partial charge < -0.3 is 9.64 Å². The van der Waals surface area contributed by atoms with Crippen LogP contribution in [0.15, 0.2) is 12.1 Å². The number of nitrogens with zero attached hydrogens (tertiary/aromatic N) is 1. The first-order chi connectivity index (χ1) is 10.1. The van der Waals surface area contributed by atoms with Gasteiger partial charge in [0.05, 0.1) is 23.2 Å². The summed E-state index contributed by atoms with van der Waals surface area (Å²) in [5.74, 6) is -0.472. The van der Waals surface area contributed by atoms with Gasteiger partial charge in [0.1, 0.15) is 0 Å². The summed E-state index contributed by atoms with van der Waals surface area (Å²) in [7, 11) is 0. The second-order valence-corrected chi connectivity index (χ2v) is 6.01. The molecule has 1 aromatic carbocycles. The van der Waals surface area contributed by atoms with Gasteiger partial charge in [-0.05, 0) is 57.2 Å². The fraction of sp³-hybridized carbons (Fsp3) is 0.588. The van der Waals surface area contributed by atoms with E-state index in [0.29, 0.717) is 6.61 Å². The Kier molecular flexibility index (Phi) is 5.51. The van der Waals surface area contributed by atoms with E-state index in [-0.39, 0.29) is 11.9 Å². The van der Waals surface area contributed by atoms with Gasteiger partial charge in [0.25, 0.3) is 0 Å². The van der Waals surface area contributed by atoms with Crippen LogP contribution in [0.25, 0.3) is 0 Å². The van der Waals surface area contributed by atoms with Crippen molar-refractivity contribution in [3.8, 4) is 0 Å². The molecule has 1 heterocycles. The van der Waals surface area contributed by atoms with E-state index in [1.807, 2.05) is 32.9 Å². The number of piperidine rings is 1. The van der Waals surface area contributed by atoms with Crippen LogP contribution in [0.1, 0.15) is 50.2 Å². The molecule has 1 unspecified atom stereocenters. The molecule has 21 heavy (non-hydrogen) atoms. The van der Waals surface area contributed by atoms with Gasteiger partial charge in [0, 0.05) is 13.1 Å². The molecule has 0 N–H and O–H groups in total. The summed E-state index contributed by atoms with van der Waals surface area (Å²) in [6, 6.07) is 4.07. The Bertz CT molecular complexity index is 510. The van der Waals surface area contributed by atoms with Crippen molar-refractivity contribution in [2.24, 2.45) is 0 Å². The van der Waals surface area contributed by atoms with Crippen molar-refractivity contribution in [2.45, 2.75) is 46.0 Å². The highest BCUT2D eigenvalue weighted by Crippen LogP contribution is 2.35. The molecule has 0 spiro atoms. The van der Waals surface area contributed by atoms with Gasteiger partial charge in [-0.2, -0.15) is 0 Å². The zero-order valence-corrected chi connectivity index (χ0v) is 13.9. The number of hydrogen-bond acceptors (Lipinski definition) is 3. The third-order valence-electron chi connectivity index (χ3n) is 4.21. The largest absolute Gasteiger partial charge is 0.466 e. The lowest BCUT2D eigenvalue weighted by atomic mass is 9.95. The average Bonchev–Trinajstić information content (AvgIpc) is 2.50. The summed E-state index contributed by atoms with van der Waals surface area (Å²) < 4.78 is 5.11. The van der Waals surface area contributed by atoms with Crippen molar-refractivity contribution in [3.63, 3.8) is 0 Å². The molecule has 1 aliphatic heterocycles. The number of halogens is 1. The van der Waals surface area contributed by atoms with E-state index in [1.54, 1.807) is 0 Å². The maximum Gasteiger partial charge on any atom is 0.313 e. The minimum absolute atomic E-state index is 0.192. The molecule has 0 amide bonds. The fourth-order valence-corrected chi connectivity index (χ4v) is 3.22. The summed E-state index contributed by atoms with van der Waals surface area (Å²) in [4.78, 5) is 14.3. The number of esters is 1. The highest BCUT2D eigenvalue weighted by Gasteiger charge is 2.22. The molecule has 0 saturated carbocycles. The van der Waals surface area contributed by atoms with Crippen LogP contribution < -0.4 is 4.90 Å². The quantitative estimate of drug-likeness (QED) is 0.776. The smallest absolute Gasteiger partial charge is 0.313 e. The van der Waals surface area contributed by atoms with E-state index in [9.17, 15) is 4.79 Å². The Morgan fingerprint density at radius 2 is 2.00 bits per heavy atom. The molecular formula is C17H24ClNO2. The standard InChI is InChI=1S/C17H24ClNO2/c1-4-21-17(20)13(3)14-8-9-15(16(18)12(14)2)19-10-6-5-7-11-19/h8-9,13H,4-7,10-11H2,1-3H3. The van der Waals surface area contributed by atoms with Gasteiger partial charge in [-0.25, -0.2) is 0 Å². The molecule has 1 saturated heterocycles. The number of benzene rings is 1. The molecule has 0 bridgehead atoms. The van der Waals surface area contributed by atoms with Crippen LogP contribution >= 0.6 is 11.6 Å². The normalized spacial score (nSPS) is 16.7. The molecule has 0 aliphatic carbocycles. The Hall–Kier alpha value is -1.22. The van der Waals surface area contributed by atoms with Gasteiger partial charge in [-0.15, -0.1) is 0 Å². The van der Waals surface area contributed by atoms with Gasteiger partial charge in [0.15, 0.2) is 0 Å². The minimum atomic E-state index is -0.280. The zero-order valence-electron chi connectivity index (χ0n) is 13.1. The molecule has 1 aliphatic rings. The average molecular weight is 310 g/mol. The second kappa shape index (κ2) is 7.17. The van der Waals surface area contributed by atoms with Crippen molar-refractivity contribution in [1.82, 2.24) is 0 Å². The number of anilines is 1. The lowest BCUT2D eigenvalue weighted by Crippen LogP contribution is -2.29. The first kappa shape index (κ1) is 16.2. The Morgan fingerprint density at radius 1 is 1.33 bits per heavy atom. The first-order valence-electron chi connectivity index (χ1n) is 7.76. The second-order valence-electron chi connectivity index (χ2n) is 5.63. The topological polar surface area (TPSA) is 29.5 Å². The number of rotatable bonds is 4. The number of ether oxygens (including phenoxy) is 1. The maximum atomic E-state index is 11.9. The van der Waals surface area contributed by atoms with Gasteiger partial charge in [-0.1, -0.05) is 17.7 Å². The van der Waals surface area contributed by atoms with E-state index in [2.05, 4.69) is 4.90 Å². The van der Waals surface area contributed by atoms with Crippen LogP contribution in [0, 0.1) is 6.92 Å². The van der Waals surface area contributed by atoms with Crippen LogP contribution in [-0.4, -0.2) is 25.7 Å². The first-order valence-corrected chi connectivity index (χ1v) is 8.14. The van der Waals surface area contributed by atoms with Crippen molar-refractivity contribution in [1.29, 1.82) is 0 Å². The lowest BCUT2D eigenvalue weighted by Gasteiger charge is -2.30. The molecular weight excluding hydrogens is 286 g/mol. The van der Waals surface area contributed by atoms with Crippen LogP contribution in [0.4, 0.5) is 5.69 Å². The van der Waals surface area contributed by atoms with E-state index >= 15 is 0 Å². The Balaban J connectivity index is 2.26. The number of carbonyl (C=O) groups is 1. The number of hydrogen-bond donors (Lipinski definition) is 0. The molecule has 0 aromatic heterocycles. The maximum absolute atomic E-state index is 11.9. The highest BCUT2D eigenvalue weighted by molar-refractivity contribution is 6.34. The zero-order chi connectivity index (χ0) is 15.4. The Morgan fingerprint density at radius 3 is 2.62 bits per heavy atom. The lowest BCUT2D eigenvalue weighted by molar-refractivity contribution is -0.144. The minimum Gasteiger partial charge on any atom is -0.466 e. The van der Waals surface area contributed by atoms with Crippen molar-refractivity contribution in [3.05, 3.63) is 28.3 Å². The van der Waals surface area contributed by atoms with E-state index in [0.717, 1.165) is 34.9 Å². The Labute approximate surface area is 132 Å². The molecule has 3 nitrogen and oxygen atoms in total. The molecule has 0 radical (unpaired) electrons. The highest BCUT2D eigenvalue weighted by atomic mass is 35.5. The molecule has 116 valence electrons. The monoisotopic (exact) mass is 309 g/mol. The molecule has 2 rings (SSSR count). The third kappa shape index (κ3) is 3.52. The van der Waals surface area contributed by atoms with E-state index < -0.39 is 0 Å². The van der Waals surface area contributed by atoms with Crippen LogP contribution in [-0.2, 0) is 9.53 Å². The molecule has 1 atom stereocenters. The summed E-state index contributed by atoms with van der Waals surface area (Å²) in [6.45, 7) is 8.21. The number of carbonyl (C=O) groups excluding carboxylic acids is 1. The van der Waals surface area contributed by atoms with E-state index in [1.165, 1.54) is 19.3 Å². The van der Waals surface area contributed by atoms with Gasteiger partial charge >= 0.3 is 5.97 Å². The third-order valence-corrected chi connectivity index (χ3v) is 4.69. The predicted molar refractivity (Wildman–Crippen MR) is 87.3 cm³/mol. The SMILES string of the molecule is CCOC(=O)C(C)c1ccc(N2CCCCC2)c(Cl)c1C. The summed E-state index contributed by atoms with van der Waals surface area (Å²) >= 11 is 6.56. The molecule has 4 heteroatoms. The van der Waals surface area contributed by atoms with Crippen molar-refractivity contribution >= 4 is 23.3 Å². The van der Waals surface area contributed by atoms with Gasteiger partial charge in [0.2, 0.25) is 0 Å². The predicted octanol–water partition coefficient (Wildman–Crippen LogP) is 4.31.